The Labute approximate surface area is 153 Å². The van der Waals surface area contributed by atoms with Crippen molar-refractivity contribution in [1.82, 2.24) is 24.0 Å². The lowest BCUT2D eigenvalue weighted by molar-refractivity contribution is 0.265. The van der Waals surface area contributed by atoms with Crippen molar-refractivity contribution in [2.45, 2.75) is 50.1 Å². The Morgan fingerprint density at radius 1 is 1.19 bits per heavy atom. The molecule has 3 aliphatic rings. The molecular weight excluding hydrogens is 352 g/mol. The standard InChI is InChI=1S/C17H24N6O2S/c24-26(25,21-13-3-1-2-4-13)23-10-9-22(11-17(23)6-7-17)16-14-5-8-18-15(14)19-12-20-16/h5,8,12-13,21H,1-4,6-7,9-11H2,(H,18,19,20). The van der Waals surface area contributed by atoms with Gasteiger partial charge in [-0.25, -0.2) is 9.97 Å². The summed E-state index contributed by atoms with van der Waals surface area (Å²) in [4.78, 5) is 14.1. The van der Waals surface area contributed by atoms with E-state index in [-0.39, 0.29) is 11.6 Å². The van der Waals surface area contributed by atoms with Gasteiger partial charge in [0.2, 0.25) is 0 Å². The van der Waals surface area contributed by atoms with E-state index in [1.54, 1.807) is 10.6 Å². The number of aromatic nitrogens is 3. The van der Waals surface area contributed by atoms with Crippen molar-refractivity contribution in [3.05, 3.63) is 18.6 Å². The van der Waals surface area contributed by atoms with Gasteiger partial charge in [-0.1, -0.05) is 12.8 Å². The van der Waals surface area contributed by atoms with Crippen molar-refractivity contribution in [2.75, 3.05) is 24.5 Å². The summed E-state index contributed by atoms with van der Waals surface area (Å²) >= 11 is 0. The van der Waals surface area contributed by atoms with Crippen molar-refractivity contribution in [3.8, 4) is 0 Å². The first-order valence-electron chi connectivity index (χ1n) is 9.41. The molecule has 1 saturated heterocycles. The number of H-pyrrole nitrogens is 1. The first kappa shape index (κ1) is 16.5. The lowest BCUT2D eigenvalue weighted by Gasteiger charge is -2.42. The van der Waals surface area contributed by atoms with Crippen LogP contribution in [0.1, 0.15) is 38.5 Å². The highest BCUT2D eigenvalue weighted by Crippen LogP contribution is 2.46. The molecule has 2 N–H and O–H groups in total. The van der Waals surface area contributed by atoms with Crippen LogP contribution in [0, 0.1) is 0 Å². The number of piperazine rings is 1. The molecule has 140 valence electrons. The second-order valence-corrected chi connectivity index (χ2v) is 9.39. The minimum absolute atomic E-state index is 0.107. The summed E-state index contributed by atoms with van der Waals surface area (Å²) in [5.74, 6) is 0.892. The van der Waals surface area contributed by atoms with Crippen molar-refractivity contribution in [2.24, 2.45) is 0 Å². The van der Waals surface area contributed by atoms with Gasteiger partial charge < -0.3 is 9.88 Å². The van der Waals surface area contributed by atoms with E-state index in [4.69, 9.17) is 0 Å². The second kappa shape index (κ2) is 5.90. The Hall–Kier alpha value is -1.71. The fourth-order valence-electron chi connectivity index (χ4n) is 4.50. The minimum atomic E-state index is -3.43. The molecule has 0 radical (unpaired) electrons. The number of anilines is 1. The van der Waals surface area contributed by atoms with Gasteiger partial charge in [-0.15, -0.1) is 0 Å². The summed E-state index contributed by atoms with van der Waals surface area (Å²) in [5.41, 5.74) is 0.536. The first-order valence-corrected chi connectivity index (χ1v) is 10.8. The maximum atomic E-state index is 13.0. The van der Waals surface area contributed by atoms with Crippen LogP contribution in [0.4, 0.5) is 5.82 Å². The largest absolute Gasteiger partial charge is 0.353 e. The molecule has 9 heteroatoms. The van der Waals surface area contributed by atoms with Crippen LogP contribution in [0.25, 0.3) is 11.0 Å². The summed E-state index contributed by atoms with van der Waals surface area (Å²) in [6.45, 7) is 1.83. The molecule has 1 spiro atoms. The maximum Gasteiger partial charge on any atom is 0.280 e. The maximum absolute atomic E-state index is 13.0. The summed E-state index contributed by atoms with van der Waals surface area (Å²) in [5, 5.41) is 0.990. The van der Waals surface area contributed by atoms with Gasteiger partial charge in [0.15, 0.2) is 0 Å². The Morgan fingerprint density at radius 3 is 2.77 bits per heavy atom. The normalized spacial score (nSPS) is 23.9. The van der Waals surface area contributed by atoms with E-state index in [9.17, 15) is 8.42 Å². The highest BCUT2D eigenvalue weighted by molar-refractivity contribution is 7.87. The number of nitrogens with one attached hydrogen (secondary N) is 2. The zero-order chi connectivity index (χ0) is 17.8. The molecule has 8 nitrogen and oxygen atoms in total. The molecule has 0 unspecified atom stereocenters. The molecule has 0 aromatic carbocycles. The molecule has 26 heavy (non-hydrogen) atoms. The molecule has 2 aliphatic carbocycles. The van der Waals surface area contributed by atoms with Gasteiger partial charge in [0.1, 0.15) is 17.8 Å². The summed E-state index contributed by atoms with van der Waals surface area (Å²) in [6, 6.07) is 2.09. The Morgan fingerprint density at radius 2 is 2.00 bits per heavy atom. The molecule has 0 amide bonds. The molecule has 2 saturated carbocycles. The topological polar surface area (TPSA) is 94.2 Å². The highest BCUT2D eigenvalue weighted by atomic mass is 32.2. The van der Waals surface area contributed by atoms with Crippen LogP contribution in [0.3, 0.4) is 0 Å². The third-order valence-electron chi connectivity index (χ3n) is 6.01. The molecule has 2 aromatic heterocycles. The number of fused-ring (bicyclic) bond motifs is 1. The quantitative estimate of drug-likeness (QED) is 0.841. The van der Waals surface area contributed by atoms with Crippen molar-refractivity contribution >= 4 is 27.1 Å². The molecule has 0 atom stereocenters. The molecule has 1 aliphatic heterocycles. The van der Waals surface area contributed by atoms with Crippen LogP contribution in [-0.2, 0) is 10.2 Å². The van der Waals surface area contributed by atoms with E-state index in [0.717, 1.165) is 55.4 Å². The number of rotatable bonds is 4. The first-order chi connectivity index (χ1) is 12.6. The lowest BCUT2D eigenvalue weighted by Crippen LogP contribution is -2.60. The van der Waals surface area contributed by atoms with Crippen LogP contribution in [0.5, 0.6) is 0 Å². The molecule has 3 heterocycles. The third kappa shape index (κ3) is 2.69. The van der Waals surface area contributed by atoms with Crippen LogP contribution in [0.15, 0.2) is 18.6 Å². The second-order valence-electron chi connectivity index (χ2n) is 7.76. The Bertz CT molecular complexity index is 916. The zero-order valence-electron chi connectivity index (χ0n) is 14.7. The predicted octanol–water partition coefficient (Wildman–Crippen LogP) is 1.39. The van der Waals surface area contributed by atoms with Crippen LogP contribution < -0.4 is 9.62 Å². The van der Waals surface area contributed by atoms with Gasteiger partial charge in [-0.3, -0.25) is 0 Å². The summed E-state index contributed by atoms with van der Waals surface area (Å²) in [6.07, 6.45) is 9.41. The fraction of sp³-hybridized carbons (Fsp3) is 0.647. The van der Waals surface area contributed by atoms with Crippen molar-refractivity contribution in [1.29, 1.82) is 0 Å². The number of nitrogens with zero attached hydrogens (tertiary/aromatic N) is 4. The number of hydrogen-bond donors (Lipinski definition) is 2. The number of aromatic amines is 1. The highest BCUT2D eigenvalue weighted by Gasteiger charge is 2.56. The van der Waals surface area contributed by atoms with Crippen molar-refractivity contribution in [3.63, 3.8) is 0 Å². The monoisotopic (exact) mass is 376 g/mol. The smallest absolute Gasteiger partial charge is 0.280 e. The average Bonchev–Trinajstić information content (AvgIpc) is 3.04. The Kier molecular flexibility index (Phi) is 3.74. The minimum Gasteiger partial charge on any atom is -0.353 e. The predicted molar refractivity (Wildman–Crippen MR) is 99.1 cm³/mol. The summed E-state index contributed by atoms with van der Waals surface area (Å²) < 4.78 is 30.6. The van der Waals surface area contributed by atoms with Crippen molar-refractivity contribution < 1.29 is 8.42 Å². The van der Waals surface area contributed by atoms with Gasteiger partial charge >= 0.3 is 0 Å². The Balaban J connectivity index is 1.38. The molecule has 0 bridgehead atoms. The molecule has 5 rings (SSSR count). The van der Waals surface area contributed by atoms with E-state index in [1.165, 1.54) is 0 Å². The molecule has 2 aromatic rings. The lowest BCUT2D eigenvalue weighted by atomic mass is 10.2. The van der Waals surface area contributed by atoms with Gasteiger partial charge in [0.25, 0.3) is 10.2 Å². The SMILES string of the molecule is O=S(=O)(NC1CCCC1)N1CCN(c2ncnc3[nH]ccc23)CC12CC2. The molecule has 3 fully saturated rings. The average molecular weight is 376 g/mol. The van der Waals surface area contributed by atoms with Crippen LogP contribution in [0.2, 0.25) is 0 Å². The fourth-order valence-corrected chi connectivity index (χ4v) is 6.35. The van der Waals surface area contributed by atoms with Crippen LogP contribution in [-0.4, -0.2) is 58.9 Å². The van der Waals surface area contributed by atoms with E-state index < -0.39 is 10.2 Å². The molecular formula is C17H24N6O2S. The van der Waals surface area contributed by atoms with Gasteiger partial charge in [-0.2, -0.15) is 17.4 Å². The van der Waals surface area contributed by atoms with Gasteiger partial charge in [-0.05, 0) is 31.7 Å². The van der Waals surface area contributed by atoms with E-state index >= 15 is 0 Å². The van der Waals surface area contributed by atoms with Crippen LogP contribution >= 0.6 is 0 Å². The van der Waals surface area contributed by atoms with Gasteiger partial charge in [0.05, 0.1) is 10.9 Å². The zero-order valence-corrected chi connectivity index (χ0v) is 15.5. The van der Waals surface area contributed by atoms with E-state index in [1.807, 2.05) is 12.3 Å². The third-order valence-corrected chi connectivity index (χ3v) is 7.79. The number of hydrogen-bond acceptors (Lipinski definition) is 5. The van der Waals surface area contributed by atoms with E-state index in [2.05, 4.69) is 24.6 Å². The van der Waals surface area contributed by atoms with Gasteiger partial charge in [0, 0.05) is 31.9 Å². The summed E-state index contributed by atoms with van der Waals surface area (Å²) in [7, 11) is -3.43. The van der Waals surface area contributed by atoms with E-state index in [0.29, 0.717) is 19.6 Å².